The Morgan fingerprint density at radius 1 is 1.48 bits per heavy atom. The number of nitrogens with zero attached hydrogens (tertiary/aromatic N) is 1. The Labute approximate surface area is 138 Å². The zero-order valence-corrected chi connectivity index (χ0v) is 13.7. The quantitative estimate of drug-likeness (QED) is 0.762. The number of nitrogens with one attached hydrogen (secondary N) is 2. The molecule has 1 aromatic carbocycles. The summed E-state index contributed by atoms with van der Waals surface area (Å²) in [7, 11) is 0. The van der Waals surface area contributed by atoms with E-state index >= 15 is 0 Å². The summed E-state index contributed by atoms with van der Waals surface area (Å²) in [5.74, 6) is 0.558. The minimum absolute atomic E-state index is 0.0683. The third-order valence-electron chi connectivity index (χ3n) is 3.36. The zero-order valence-electron chi connectivity index (χ0n) is 12.9. The van der Waals surface area contributed by atoms with E-state index in [0.29, 0.717) is 11.4 Å². The van der Waals surface area contributed by atoms with Gasteiger partial charge >= 0.3 is 0 Å². The molecule has 3 rings (SSSR count). The van der Waals surface area contributed by atoms with Crippen LogP contribution in [0.2, 0.25) is 0 Å². The lowest BCUT2D eigenvalue weighted by molar-refractivity contribution is -0.118. The molecule has 0 unspecified atom stereocenters. The number of carbonyl (C=O) groups excluding carboxylic acids is 1. The maximum Gasteiger partial charge on any atom is 0.262 e. The molecule has 0 aliphatic carbocycles. The standard InChI is InChI=1S/C16H19N3O3S/c1-2-21-7-3-6-17-16-19-13(10-23-16)11-4-5-14-12(8-11)18-15(20)9-22-14/h4-5,8,10H,2-3,6-7,9H2,1H3,(H,17,19)(H,18,20). The van der Waals surface area contributed by atoms with Crippen molar-refractivity contribution < 1.29 is 14.3 Å². The monoisotopic (exact) mass is 333 g/mol. The van der Waals surface area contributed by atoms with Crippen LogP contribution in [-0.4, -0.2) is 37.3 Å². The van der Waals surface area contributed by atoms with Crippen LogP contribution in [0.4, 0.5) is 10.8 Å². The van der Waals surface area contributed by atoms with E-state index in [2.05, 4.69) is 15.6 Å². The van der Waals surface area contributed by atoms with Gasteiger partial charge in [-0.1, -0.05) is 0 Å². The van der Waals surface area contributed by atoms with Crippen molar-refractivity contribution in [3.8, 4) is 17.0 Å². The lowest BCUT2D eigenvalue weighted by Gasteiger charge is -2.18. The molecule has 2 N–H and O–H groups in total. The van der Waals surface area contributed by atoms with Crippen LogP contribution in [0.25, 0.3) is 11.3 Å². The Morgan fingerprint density at radius 2 is 2.39 bits per heavy atom. The van der Waals surface area contributed by atoms with Gasteiger partial charge in [0, 0.05) is 30.7 Å². The van der Waals surface area contributed by atoms with Crippen LogP contribution in [0.3, 0.4) is 0 Å². The smallest absolute Gasteiger partial charge is 0.262 e. The predicted molar refractivity (Wildman–Crippen MR) is 91.3 cm³/mol. The van der Waals surface area contributed by atoms with E-state index in [-0.39, 0.29) is 12.5 Å². The van der Waals surface area contributed by atoms with Crippen LogP contribution < -0.4 is 15.4 Å². The Morgan fingerprint density at radius 3 is 3.26 bits per heavy atom. The molecule has 6 nitrogen and oxygen atoms in total. The molecule has 2 aromatic rings. The molecule has 1 aliphatic heterocycles. The number of rotatable bonds is 7. The average molecular weight is 333 g/mol. The first-order chi connectivity index (χ1) is 11.3. The van der Waals surface area contributed by atoms with Gasteiger partial charge in [-0.15, -0.1) is 11.3 Å². The Kier molecular flexibility index (Phi) is 5.09. The van der Waals surface area contributed by atoms with Crippen LogP contribution in [0.1, 0.15) is 13.3 Å². The van der Waals surface area contributed by atoms with Gasteiger partial charge in [-0.2, -0.15) is 0 Å². The number of hydrogen-bond donors (Lipinski definition) is 2. The van der Waals surface area contributed by atoms with Crippen molar-refractivity contribution in [2.75, 3.05) is 37.0 Å². The van der Waals surface area contributed by atoms with Gasteiger partial charge in [-0.3, -0.25) is 4.79 Å². The van der Waals surface area contributed by atoms with Crippen molar-refractivity contribution in [1.82, 2.24) is 4.98 Å². The first kappa shape index (κ1) is 15.8. The number of aromatic nitrogens is 1. The van der Waals surface area contributed by atoms with E-state index in [4.69, 9.17) is 9.47 Å². The van der Waals surface area contributed by atoms with Gasteiger partial charge in [0.1, 0.15) is 5.75 Å². The lowest BCUT2D eigenvalue weighted by atomic mass is 10.1. The van der Waals surface area contributed by atoms with Crippen molar-refractivity contribution in [3.63, 3.8) is 0 Å². The minimum atomic E-state index is -0.135. The summed E-state index contributed by atoms with van der Waals surface area (Å²) in [6.07, 6.45) is 0.949. The Hall–Kier alpha value is -2.12. The van der Waals surface area contributed by atoms with E-state index < -0.39 is 0 Å². The maximum absolute atomic E-state index is 11.4. The molecule has 23 heavy (non-hydrogen) atoms. The summed E-state index contributed by atoms with van der Waals surface area (Å²) in [6, 6.07) is 5.70. The molecule has 0 radical (unpaired) electrons. The number of amides is 1. The highest BCUT2D eigenvalue weighted by Gasteiger charge is 2.17. The second kappa shape index (κ2) is 7.43. The van der Waals surface area contributed by atoms with Crippen LogP contribution in [0.5, 0.6) is 5.75 Å². The molecule has 122 valence electrons. The third-order valence-corrected chi connectivity index (χ3v) is 4.16. The number of carbonyl (C=O) groups is 1. The molecule has 1 aromatic heterocycles. The highest BCUT2D eigenvalue weighted by atomic mass is 32.1. The van der Waals surface area contributed by atoms with Gasteiger partial charge in [0.05, 0.1) is 11.4 Å². The van der Waals surface area contributed by atoms with Crippen LogP contribution >= 0.6 is 11.3 Å². The molecule has 0 saturated carbocycles. The van der Waals surface area contributed by atoms with Gasteiger partial charge in [0.2, 0.25) is 0 Å². The zero-order chi connectivity index (χ0) is 16.1. The van der Waals surface area contributed by atoms with Gasteiger partial charge in [0.25, 0.3) is 5.91 Å². The lowest BCUT2D eigenvalue weighted by Crippen LogP contribution is -2.25. The van der Waals surface area contributed by atoms with E-state index in [1.165, 1.54) is 0 Å². The molecule has 0 spiro atoms. The molecule has 1 aliphatic rings. The summed E-state index contributed by atoms with van der Waals surface area (Å²) >= 11 is 1.56. The van der Waals surface area contributed by atoms with Crippen molar-refractivity contribution in [2.24, 2.45) is 0 Å². The van der Waals surface area contributed by atoms with Crippen LogP contribution in [0.15, 0.2) is 23.6 Å². The summed E-state index contributed by atoms with van der Waals surface area (Å²) in [6.45, 7) is 4.40. The fourth-order valence-corrected chi connectivity index (χ4v) is 2.99. The highest BCUT2D eigenvalue weighted by molar-refractivity contribution is 7.14. The predicted octanol–water partition coefficient (Wildman–Crippen LogP) is 2.98. The average Bonchev–Trinajstić information content (AvgIpc) is 3.03. The summed E-state index contributed by atoms with van der Waals surface area (Å²) in [5.41, 5.74) is 2.52. The Bertz CT molecular complexity index is 687. The maximum atomic E-state index is 11.4. The molecular formula is C16H19N3O3S. The second-order valence-electron chi connectivity index (χ2n) is 5.06. The topological polar surface area (TPSA) is 72.5 Å². The number of anilines is 2. The van der Waals surface area contributed by atoms with Gasteiger partial charge in [0.15, 0.2) is 11.7 Å². The van der Waals surface area contributed by atoms with Gasteiger partial charge in [-0.25, -0.2) is 4.98 Å². The number of hydrogen-bond acceptors (Lipinski definition) is 6. The fraction of sp³-hybridized carbons (Fsp3) is 0.375. The third kappa shape index (κ3) is 4.00. The number of fused-ring (bicyclic) bond motifs is 1. The van der Waals surface area contributed by atoms with Crippen LogP contribution in [0, 0.1) is 0 Å². The molecule has 1 amide bonds. The molecule has 0 bridgehead atoms. The molecule has 0 fully saturated rings. The van der Waals surface area contributed by atoms with Gasteiger partial charge in [-0.05, 0) is 31.5 Å². The highest BCUT2D eigenvalue weighted by Crippen LogP contribution is 2.33. The van der Waals surface area contributed by atoms with Crippen molar-refractivity contribution in [3.05, 3.63) is 23.6 Å². The fourth-order valence-electron chi connectivity index (χ4n) is 2.24. The normalized spacial score (nSPS) is 13.2. The second-order valence-corrected chi connectivity index (χ2v) is 5.92. The number of ether oxygens (including phenoxy) is 2. The minimum Gasteiger partial charge on any atom is -0.482 e. The number of thiazole rings is 1. The largest absolute Gasteiger partial charge is 0.482 e. The SMILES string of the molecule is CCOCCCNc1nc(-c2ccc3c(c2)NC(=O)CO3)cs1. The summed E-state index contributed by atoms with van der Waals surface area (Å²) in [5, 5.41) is 8.99. The molecule has 0 atom stereocenters. The van der Waals surface area contributed by atoms with E-state index in [0.717, 1.165) is 42.6 Å². The van der Waals surface area contributed by atoms with E-state index in [1.54, 1.807) is 11.3 Å². The van der Waals surface area contributed by atoms with E-state index in [9.17, 15) is 4.79 Å². The molecule has 0 saturated heterocycles. The summed E-state index contributed by atoms with van der Waals surface area (Å²) < 4.78 is 10.7. The van der Waals surface area contributed by atoms with Crippen LogP contribution in [-0.2, 0) is 9.53 Å². The molecule has 7 heteroatoms. The summed E-state index contributed by atoms with van der Waals surface area (Å²) in [4.78, 5) is 16.0. The Balaban J connectivity index is 1.64. The first-order valence-corrected chi connectivity index (χ1v) is 8.48. The molecule has 2 heterocycles. The van der Waals surface area contributed by atoms with E-state index in [1.807, 2.05) is 30.5 Å². The first-order valence-electron chi connectivity index (χ1n) is 7.60. The number of benzene rings is 1. The molecular weight excluding hydrogens is 314 g/mol. The van der Waals surface area contributed by atoms with Crippen molar-refractivity contribution >= 4 is 28.1 Å². The van der Waals surface area contributed by atoms with Gasteiger partial charge < -0.3 is 20.1 Å². The van der Waals surface area contributed by atoms with Crippen molar-refractivity contribution in [2.45, 2.75) is 13.3 Å². The van der Waals surface area contributed by atoms with Crippen molar-refractivity contribution in [1.29, 1.82) is 0 Å².